The van der Waals surface area contributed by atoms with Gasteiger partial charge in [-0.1, -0.05) is 24.3 Å². The molecule has 2 aromatic rings. The van der Waals surface area contributed by atoms with Gasteiger partial charge in [-0.2, -0.15) is 0 Å². The number of fused-ring (bicyclic) bond motifs is 1. The normalized spacial score (nSPS) is 18.3. The van der Waals surface area contributed by atoms with E-state index < -0.39 is 0 Å². The van der Waals surface area contributed by atoms with Gasteiger partial charge in [0.25, 0.3) is 0 Å². The van der Waals surface area contributed by atoms with Crippen LogP contribution in [0.15, 0.2) is 41.8 Å². The molecule has 1 aromatic heterocycles. The molecule has 4 rings (SSSR count). The maximum Gasteiger partial charge on any atom is 0.321 e. The van der Waals surface area contributed by atoms with E-state index in [-0.39, 0.29) is 6.03 Å². The number of thiophene rings is 1. The van der Waals surface area contributed by atoms with Gasteiger partial charge >= 0.3 is 6.03 Å². The summed E-state index contributed by atoms with van der Waals surface area (Å²) >= 11 is 1.84. The second-order valence-electron chi connectivity index (χ2n) is 7.02. The zero-order valence-corrected chi connectivity index (χ0v) is 15.3. The fourth-order valence-electron chi connectivity index (χ4n) is 3.85. The van der Waals surface area contributed by atoms with E-state index in [4.69, 9.17) is 0 Å². The predicted octanol–water partition coefficient (Wildman–Crippen LogP) is 3.73. The molecule has 25 heavy (non-hydrogen) atoms. The molecular formula is C20H25N3OS. The number of para-hydroxylation sites is 1. The number of amides is 2. The molecule has 0 bridgehead atoms. The summed E-state index contributed by atoms with van der Waals surface area (Å²) in [4.78, 5) is 18.4. The van der Waals surface area contributed by atoms with Crippen molar-refractivity contribution in [3.63, 3.8) is 0 Å². The third-order valence-electron chi connectivity index (χ3n) is 5.34. The van der Waals surface area contributed by atoms with Gasteiger partial charge < -0.3 is 5.32 Å². The Morgan fingerprint density at radius 1 is 1.12 bits per heavy atom. The van der Waals surface area contributed by atoms with Gasteiger partial charge in [-0.05, 0) is 61.3 Å². The number of nitrogens with zero attached hydrogens (tertiary/aromatic N) is 2. The Morgan fingerprint density at radius 2 is 1.96 bits per heavy atom. The first-order valence-corrected chi connectivity index (χ1v) is 10.1. The van der Waals surface area contributed by atoms with Gasteiger partial charge in [0.05, 0.1) is 0 Å². The maximum absolute atomic E-state index is 12.5. The smallest absolute Gasteiger partial charge is 0.321 e. The molecule has 1 N–H and O–H groups in total. The second kappa shape index (κ2) is 7.58. The Bertz CT molecular complexity index is 707. The lowest BCUT2D eigenvalue weighted by Gasteiger charge is -2.32. The third-order valence-corrected chi connectivity index (χ3v) is 6.20. The largest absolute Gasteiger partial charge is 0.337 e. The van der Waals surface area contributed by atoms with Crippen LogP contribution in [0, 0.1) is 5.92 Å². The van der Waals surface area contributed by atoms with Crippen LogP contribution >= 0.6 is 11.3 Å². The number of anilines is 1. The van der Waals surface area contributed by atoms with Crippen LogP contribution in [0.4, 0.5) is 10.5 Å². The van der Waals surface area contributed by atoms with E-state index >= 15 is 0 Å². The van der Waals surface area contributed by atoms with E-state index in [2.05, 4.69) is 33.8 Å². The molecule has 2 amide bonds. The van der Waals surface area contributed by atoms with Crippen LogP contribution in [-0.4, -0.2) is 37.1 Å². The van der Waals surface area contributed by atoms with E-state index in [1.807, 2.05) is 34.4 Å². The van der Waals surface area contributed by atoms with Crippen molar-refractivity contribution >= 4 is 23.1 Å². The Hall–Kier alpha value is -1.85. The molecule has 2 aliphatic rings. The van der Waals surface area contributed by atoms with Crippen LogP contribution < -0.4 is 10.2 Å². The van der Waals surface area contributed by atoms with Gasteiger partial charge in [-0.3, -0.25) is 9.80 Å². The summed E-state index contributed by atoms with van der Waals surface area (Å²) in [5.74, 6) is 0.599. The van der Waals surface area contributed by atoms with Crippen LogP contribution in [-0.2, 0) is 13.0 Å². The summed E-state index contributed by atoms with van der Waals surface area (Å²) in [6, 6.07) is 12.6. The topological polar surface area (TPSA) is 35.6 Å². The molecule has 3 heterocycles. The standard InChI is InChI=1S/C20H25N3OS/c24-20(23-12-9-17-4-1-2-6-19(17)23)21-14-16-7-10-22(11-8-16)15-18-5-3-13-25-18/h1-6,13,16H,7-12,14-15H2,(H,21,24). The number of benzene rings is 1. The number of hydrogen-bond acceptors (Lipinski definition) is 3. The highest BCUT2D eigenvalue weighted by atomic mass is 32.1. The average Bonchev–Trinajstić information content (AvgIpc) is 3.30. The van der Waals surface area contributed by atoms with E-state index in [0.29, 0.717) is 5.92 Å². The number of hydrogen-bond donors (Lipinski definition) is 1. The second-order valence-corrected chi connectivity index (χ2v) is 8.05. The first-order chi connectivity index (χ1) is 12.3. The zero-order chi connectivity index (χ0) is 17.1. The number of urea groups is 1. The van der Waals surface area contributed by atoms with E-state index in [1.165, 1.54) is 23.3 Å². The summed E-state index contributed by atoms with van der Waals surface area (Å²) in [6.45, 7) is 4.92. The van der Waals surface area contributed by atoms with Gasteiger partial charge in [0.1, 0.15) is 0 Å². The van der Waals surface area contributed by atoms with Crippen molar-refractivity contribution in [1.82, 2.24) is 10.2 Å². The lowest BCUT2D eigenvalue weighted by atomic mass is 9.97. The predicted molar refractivity (Wildman–Crippen MR) is 103 cm³/mol. The van der Waals surface area contributed by atoms with Crippen LogP contribution in [0.1, 0.15) is 23.3 Å². The molecule has 0 aliphatic carbocycles. The summed E-state index contributed by atoms with van der Waals surface area (Å²) in [5.41, 5.74) is 2.35. The van der Waals surface area contributed by atoms with E-state index in [9.17, 15) is 4.79 Å². The molecule has 4 nitrogen and oxygen atoms in total. The molecule has 132 valence electrons. The molecule has 0 atom stereocenters. The van der Waals surface area contributed by atoms with Gasteiger partial charge in [0.15, 0.2) is 0 Å². The van der Waals surface area contributed by atoms with Crippen LogP contribution in [0.25, 0.3) is 0 Å². The molecule has 1 aromatic carbocycles. The fraction of sp³-hybridized carbons (Fsp3) is 0.450. The quantitative estimate of drug-likeness (QED) is 0.907. The lowest BCUT2D eigenvalue weighted by Crippen LogP contribution is -2.43. The Labute approximate surface area is 153 Å². The van der Waals surface area contributed by atoms with Crippen molar-refractivity contribution in [1.29, 1.82) is 0 Å². The van der Waals surface area contributed by atoms with Crippen molar-refractivity contribution in [2.45, 2.75) is 25.8 Å². The highest BCUT2D eigenvalue weighted by Crippen LogP contribution is 2.27. The molecule has 1 saturated heterocycles. The highest BCUT2D eigenvalue weighted by Gasteiger charge is 2.25. The SMILES string of the molecule is O=C(NCC1CCN(Cc2cccs2)CC1)N1CCc2ccccc21. The molecule has 0 spiro atoms. The average molecular weight is 356 g/mol. The van der Waals surface area contributed by atoms with Crippen molar-refractivity contribution in [3.05, 3.63) is 52.2 Å². The van der Waals surface area contributed by atoms with Crippen LogP contribution in [0.3, 0.4) is 0 Å². The molecule has 0 unspecified atom stereocenters. The summed E-state index contributed by atoms with van der Waals surface area (Å²) in [6.07, 6.45) is 3.30. The van der Waals surface area contributed by atoms with Crippen LogP contribution in [0.2, 0.25) is 0 Å². The number of carbonyl (C=O) groups excluding carboxylic acids is 1. The number of piperidine rings is 1. The lowest BCUT2D eigenvalue weighted by molar-refractivity contribution is 0.176. The summed E-state index contributed by atoms with van der Waals surface area (Å²) in [7, 11) is 0. The van der Waals surface area contributed by atoms with Crippen molar-refractivity contribution < 1.29 is 4.79 Å². The Kier molecular flexibility index (Phi) is 5.04. The first kappa shape index (κ1) is 16.6. The molecule has 2 aliphatic heterocycles. The minimum absolute atomic E-state index is 0.0611. The minimum atomic E-state index is 0.0611. The first-order valence-electron chi connectivity index (χ1n) is 9.17. The van der Waals surface area contributed by atoms with Gasteiger partial charge in [0, 0.05) is 30.2 Å². The Balaban J connectivity index is 1.23. The number of rotatable bonds is 4. The molecule has 5 heteroatoms. The van der Waals surface area contributed by atoms with Gasteiger partial charge in [-0.25, -0.2) is 4.79 Å². The molecule has 0 radical (unpaired) electrons. The minimum Gasteiger partial charge on any atom is -0.337 e. The monoisotopic (exact) mass is 355 g/mol. The van der Waals surface area contributed by atoms with Gasteiger partial charge in [0.2, 0.25) is 0 Å². The molecular weight excluding hydrogens is 330 g/mol. The number of carbonyl (C=O) groups is 1. The summed E-state index contributed by atoms with van der Waals surface area (Å²) in [5, 5.41) is 5.31. The van der Waals surface area contributed by atoms with Crippen molar-refractivity contribution in [2.75, 3.05) is 31.1 Å². The van der Waals surface area contributed by atoms with Crippen molar-refractivity contribution in [3.8, 4) is 0 Å². The van der Waals surface area contributed by atoms with E-state index in [1.54, 1.807) is 0 Å². The van der Waals surface area contributed by atoms with Crippen molar-refractivity contribution in [2.24, 2.45) is 5.92 Å². The molecule has 1 fully saturated rings. The maximum atomic E-state index is 12.5. The summed E-state index contributed by atoms with van der Waals surface area (Å²) < 4.78 is 0. The third kappa shape index (κ3) is 3.88. The number of likely N-dealkylation sites (tertiary alicyclic amines) is 1. The number of nitrogens with one attached hydrogen (secondary N) is 1. The molecule has 0 saturated carbocycles. The van der Waals surface area contributed by atoms with E-state index in [0.717, 1.165) is 44.8 Å². The van der Waals surface area contributed by atoms with Gasteiger partial charge in [-0.15, -0.1) is 11.3 Å². The zero-order valence-electron chi connectivity index (χ0n) is 14.5. The Morgan fingerprint density at radius 3 is 2.76 bits per heavy atom. The van der Waals surface area contributed by atoms with Crippen LogP contribution in [0.5, 0.6) is 0 Å². The fourth-order valence-corrected chi connectivity index (χ4v) is 4.59. The highest BCUT2D eigenvalue weighted by molar-refractivity contribution is 7.09.